The molecule has 3 aromatic rings. The third-order valence-corrected chi connectivity index (χ3v) is 4.51. The zero-order valence-electron chi connectivity index (χ0n) is 10.7. The smallest absolute Gasteiger partial charge is 0.258 e. The number of nitrogens with zero attached hydrogens (tertiary/aromatic N) is 2. The monoisotopic (exact) mass is 408 g/mol. The number of aromatic nitrogens is 1. The van der Waals surface area contributed by atoms with E-state index < -0.39 is 4.92 Å². The van der Waals surface area contributed by atoms with Crippen LogP contribution in [-0.2, 0) is 0 Å². The largest absolute Gasteiger partial charge is 0.269 e. The normalized spacial score (nSPS) is 10.5. The highest BCUT2D eigenvalue weighted by Crippen LogP contribution is 2.30. The zero-order chi connectivity index (χ0) is 14.8. The van der Waals surface area contributed by atoms with E-state index in [0.717, 1.165) is 25.4 Å². The molecular formula is C15H9IN2O2S. The Morgan fingerprint density at radius 1 is 1.10 bits per heavy atom. The number of thiazole rings is 1. The Morgan fingerprint density at radius 2 is 1.86 bits per heavy atom. The summed E-state index contributed by atoms with van der Waals surface area (Å²) in [6.07, 6.45) is 0. The first kappa shape index (κ1) is 14.2. The molecule has 0 aliphatic carbocycles. The van der Waals surface area contributed by atoms with Gasteiger partial charge in [-0.3, -0.25) is 10.1 Å². The molecule has 2 aromatic carbocycles. The van der Waals surface area contributed by atoms with Gasteiger partial charge in [0.05, 0.1) is 10.6 Å². The van der Waals surface area contributed by atoms with E-state index in [2.05, 4.69) is 33.6 Å². The Kier molecular flexibility index (Phi) is 3.98. The molecule has 4 nitrogen and oxygen atoms in total. The molecule has 3 rings (SSSR count). The van der Waals surface area contributed by atoms with Crippen molar-refractivity contribution in [3.8, 4) is 21.8 Å². The Hall–Kier alpha value is -1.80. The van der Waals surface area contributed by atoms with Crippen molar-refractivity contribution in [2.45, 2.75) is 0 Å². The standard InChI is InChI=1S/C15H9IN2O2S/c16-12-3-1-2-11(8-12)15-17-14(9-21-15)10-4-6-13(7-5-10)18(19)20/h1-9H. The molecule has 0 unspecified atom stereocenters. The molecule has 0 aliphatic heterocycles. The van der Waals surface area contributed by atoms with Gasteiger partial charge in [-0.2, -0.15) is 0 Å². The van der Waals surface area contributed by atoms with Crippen molar-refractivity contribution in [2.75, 3.05) is 0 Å². The van der Waals surface area contributed by atoms with Crippen LogP contribution in [0.2, 0.25) is 0 Å². The first-order chi connectivity index (χ1) is 10.1. The van der Waals surface area contributed by atoms with Gasteiger partial charge in [0.1, 0.15) is 5.01 Å². The maximum Gasteiger partial charge on any atom is 0.269 e. The number of non-ortho nitro benzene ring substituents is 1. The lowest BCUT2D eigenvalue weighted by Crippen LogP contribution is -1.87. The second kappa shape index (κ2) is 5.90. The average Bonchev–Trinajstić information content (AvgIpc) is 2.97. The Bertz CT molecular complexity index is 799. The molecule has 1 heterocycles. The molecule has 0 radical (unpaired) electrons. The Morgan fingerprint density at radius 3 is 2.52 bits per heavy atom. The predicted molar refractivity (Wildman–Crippen MR) is 92.4 cm³/mol. The van der Waals surface area contributed by atoms with Crippen molar-refractivity contribution >= 4 is 39.6 Å². The fourth-order valence-electron chi connectivity index (χ4n) is 1.91. The number of nitro groups is 1. The summed E-state index contributed by atoms with van der Waals surface area (Å²) in [6.45, 7) is 0. The van der Waals surface area contributed by atoms with Crippen LogP contribution in [0, 0.1) is 13.7 Å². The number of hydrogen-bond acceptors (Lipinski definition) is 4. The summed E-state index contributed by atoms with van der Waals surface area (Å²) in [5, 5.41) is 13.6. The van der Waals surface area contributed by atoms with Gasteiger partial charge in [-0.1, -0.05) is 12.1 Å². The van der Waals surface area contributed by atoms with E-state index in [1.807, 2.05) is 23.6 Å². The first-order valence-electron chi connectivity index (χ1n) is 6.10. The second-order valence-electron chi connectivity index (χ2n) is 4.35. The highest BCUT2D eigenvalue weighted by molar-refractivity contribution is 14.1. The van der Waals surface area contributed by atoms with Gasteiger partial charge in [0.2, 0.25) is 0 Å². The van der Waals surface area contributed by atoms with Gasteiger partial charge in [0.25, 0.3) is 5.69 Å². The molecule has 6 heteroatoms. The molecule has 0 atom stereocenters. The zero-order valence-corrected chi connectivity index (χ0v) is 13.7. The van der Waals surface area contributed by atoms with Crippen LogP contribution in [-0.4, -0.2) is 9.91 Å². The van der Waals surface area contributed by atoms with E-state index in [4.69, 9.17) is 0 Å². The highest BCUT2D eigenvalue weighted by Gasteiger charge is 2.09. The maximum atomic E-state index is 10.7. The van der Waals surface area contributed by atoms with Crippen LogP contribution in [0.3, 0.4) is 0 Å². The van der Waals surface area contributed by atoms with Gasteiger partial charge in [-0.05, 0) is 46.9 Å². The van der Waals surface area contributed by atoms with Crippen LogP contribution >= 0.6 is 33.9 Å². The van der Waals surface area contributed by atoms with Crippen molar-refractivity contribution in [3.63, 3.8) is 0 Å². The molecule has 0 aliphatic rings. The average molecular weight is 408 g/mol. The fraction of sp³-hybridized carbons (Fsp3) is 0. The molecule has 0 bridgehead atoms. The van der Waals surface area contributed by atoms with Crippen molar-refractivity contribution < 1.29 is 4.92 Å². The predicted octanol–water partition coefficient (Wildman–Crippen LogP) is 4.99. The SMILES string of the molecule is O=[N+]([O-])c1ccc(-c2csc(-c3cccc(I)c3)n2)cc1. The van der Waals surface area contributed by atoms with Crippen molar-refractivity contribution in [1.82, 2.24) is 4.98 Å². The highest BCUT2D eigenvalue weighted by atomic mass is 127. The van der Waals surface area contributed by atoms with E-state index in [9.17, 15) is 10.1 Å². The first-order valence-corrected chi connectivity index (χ1v) is 8.05. The minimum absolute atomic E-state index is 0.0896. The Balaban J connectivity index is 1.93. The summed E-state index contributed by atoms with van der Waals surface area (Å²) in [7, 11) is 0. The summed E-state index contributed by atoms with van der Waals surface area (Å²) in [5.41, 5.74) is 2.89. The third-order valence-electron chi connectivity index (χ3n) is 2.95. The van der Waals surface area contributed by atoms with Gasteiger partial charge >= 0.3 is 0 Å². The molecule has 104 valence electrons. The van der Waals surface area contributed by atoms with Gasteiger partial charge in [-0.25, -0.2) is 4.98 Å². The summed E-state index contributed by atoms with van der Waals surface area (Å²) >= 11 is 3.84. The van der Waals surface area contributed by atoms with E-state index in [0.29, 0.717) is 0 Å². The lowest BCUT2D eigenvalue weighted by Gasteiger charge is -1.98. The van der Waals surface area contributed by atoms with Crippen LogP contribution < -0.4 is 0 Å². The molecular weight excluding hydrogens is 399 g/mol. The molecule has 0 fully saturated rings. The number of hydrogen-bond donors (Lipinski definition) is 0. The van der Waals surface area contributed by atoms with Crippen LogP contribution in [0.25, 0.3) is 21.8 Å². The molecule has 0 saturated heterocycles. The molecule has 0 saturated carbocycles. The van der Waals surface area contributed by atoms with Crippen LogP contribution in [0.15, 0.2) is 53.9 Å². The van der Waals surface area contributed by atoms with Crippen molar-refractivity contribution in [1.29, 1.82) is 0 Å². The lowest BCUT2D eigenvalue weighted by molar-refractivity contribution is -0.384. The lowest BCUT2D eigenvalue weighted by atomic mass is 10.1. The summed E-state index contributed by atoms with van der Waals surface area (Å²) in [6, 6.07) is 14.6. The maximum absolute atomic E-state index is 10.7. The number of benzene rings is 2. The molecule has 0 N–H and O–H groups in total. The molecule has 1 aromatic heterocycles. The van der Waals surface area contributed by atoms with Gasteiger partial charge < -0.3 is 0 Å². The summed E-state index contributed by atoms with van der Waals surface area (Å²) in [4.78, 5) is 14.9. The third kappa shape index (κ3) is 3.11. The number of halogens is 1. The Labute approximate surface area is 138 Å². The topological polar surface area (TPSA) is 56.0 Å². The van der Waals surface area contributed by atoms with Crippen LogP contribution in [0.4, 0.5) is 5.69 Å². The molecule has 0 amide bonds. The quantitative estimate of drug-likeness (QED) is 0.349. The summed E-state index contributed by atoms with van der Waals surface area (Å²) in [5.74, 6) is 0. The van der Waals surface area contributed by atoms with E-state index >= 15 is 0 Å². The van der Waals surface area contributed by atoms with Crippen molar-refractivity contribution in [3.05, 3.63) is 67.6 Å². The molecule has 21 heavy (non-hydrogen) atoms. The van der Waals surface area contributed by atoms with E-state index in [1.165, 1.54) is 12.1 Å². The minimum atomic E-state index is -0.401. The van der Waals surface area contributed by atoms with Gasteiger partial charge in [0, 0.05) is 32.2 Å². The molecule has 0 spiro atoms. The minimum Gasteiger partial charge on any atom is -0.258 e. The number of rotatable bonds is 3. The van der Waals surface area contributed by atoms with Crippen LogP contribution in [0.1, 0.15) is 0 Å². The second-order valence-corrected chi connectivity index (χ2v) is 6.46. The fourth-order valence-corrected chi connectivity index (χ4v) is 3.28. The van der Waals surface area contributed by atoms with Crippen LogP contribution in [0.5, 0.6) is 0 Å². The van der Waals surface area contributed by atoms with E-state index in [1.54, 1.807) is 23.5 Å². The van der Waals surface area contributed by atoms with Crippen molar-refractivity contribution in [2.24, 2.45) is 0 Å². The summed E-state index contributed by atoms with van der Waals surface area (Å²) < 4.78 is 1.16. The number of nitro benzene ring substituents is 1. The van der Waals surface area contributed by atoms with Gasteiger partial charge in [0.15, 0.2) is 0 Å². The van der Waals surface area contributed by atoms with E-state index in [-0.39, 0.29) is 5.69 Å². The van der Waals surface area contributed by atoms with Gasteiger partial charge in [-0.15, -0.1) is 11.3 Å².